The van der Waals surface area contributed by atoms with Crippen LogP contribution in [-0.2, 0) is 10.0 Å². The van der Waals surface area contributed by atoms with Crippen LogP contribution in [0.5, 0.6) is 5.75 Å². The summed E-state index contributed by atoms with van der Waals surface area (Å²) in [6.45, 7) is 0.298. The Hall–Kier alpha value is -3.11. The van der Waals surface area contributed by atoms with Crippen molar-refractivity contribution in [2.24, 2.45) is 0 Å². The predicted octanol–water partition coefficient (Wildman–Crippen LogP) is 3.29. The van der Waals surface area contributed by atoms with Crippen molar-refractivity contribution in [2.45, 2.75) is 23.8 Å². The van der Waals surface area contributed by atoms with E-state index in [0.29, 0.717) is 36.7 Å². The number of ether oxygens (including phenoxy) is 1. The second-order valence-electron chi connectivity index (χ2n) is 6.74. The summed E-state index contributed by atoms with van der Waals surface area (Å²) >= 11 is 0. The van der Waals surface area contributed by atoms with Crippen molar-refractivity contribution in [1.29, 1.82) is 0 Å². The van der Waals surface area contributed by atoms with Gasteiger partial charge in [-0.25, -0.2) is 22.8 Å². The molecule has 1 aromatic carbocycles. The van der Waals surface area contributed by atoms with E-state index in [1.54, 1.807) is 30.7 Å². The van der Waals surface area contributed by atoms with Gasteiger partial charge in [-0.1, -0.05) is 6.07 Å². The summed E-state index contributed by atoms with van der Waals surface area (Å²) in [4.78, 5) is 12.7. The van der Waals surface area contributed by atoms with Crippen molar-refractivity contribution < 1.29 is 17.5 Å². The molecule has 4 rings (SSSR count). The maximum atomic E-state index is 13.8. The average molecular weight is 429 g/mol. The molecule has 2 aromatic heterocycles. The zero-order valence-electron chi connectivity index (χ0n) is 16.2. The Labute approximate surface area is 173 Å². The van der Waals surface area contributed by atoms with Gasteiger partial charge in [0.15, 0.2) is 0 Å². The van der Waals surface area contributed by atoms with Crippen LogP contribution in [0.25, 0.3) is 0 Å². The monoisotopic (exact) mass is 429 g/mol. The molecular formula is C20H20FN5O3S. The molecule has 1 saturated heterocycles. The summed E-state index contributed by atoms with van der Waals surface area (Å²) in [7, 11) is -2.65. The van der Waals surface area contributed by atoms with Crippen LogP contribution < -0.4 is 10.1 Å². The quantitative estimate of drug-likeness (QED) is 0.642. The molecule has 1 atom stereocenters. The van der Waals surface area contributed by atoms with Crippen LogP contribution in [0.1, 0.15) is 24.6 Å². The van der Waals surface area contributed by atoms with Gasteiger partial charge < -0.3 is 10.1 Å². The van der Waals surface area contributed by atoms with Crippen molar-refractivity contribution in [3.63, 3.8) is 0 Å². The summed E-state index contributed by atoms with van der Waals surface area (Å²) < 4.78 is 47.0. The van der Waals surface area contributed by atoms with E-state index in [-0.39, 0.29) is 10.6 Å². The van der Waals surface area contributed by atoms with Gasteiger partial charge in [0, 0.05) is 12.7 Å². The Balaban J connectivity index is 1.66. The Kier molecular flexibility index (Phi) is 5.60. The number of hydrogen-bond donors (Lipinski definition) is 1. The molecule has 0 bridgehead atoms. The average Bonchev–Trinajstić information content (AvgIpc) is 3.26. The van der Waals surface area contributed by atoms with Crippen molar-refractivity contribution in [1.82, 2.24) is 19.3 Å². The molecule has 8 nitrogen and oxygen atoms in total. The third-order valence-electron chi connectivity index (χ3n) is 4.83. The van der Waals surface area contributed by atoms with Gasteiger partial charge in [0.25, 0.3) is 0 Å². The number of halogens is 1. The van der Waals surface area contributed by atoms with Crippen molar-refractivity contribution in [2.75, 3.05) is 19.0 Å². The first-order chi connectivity index (χ1) is 14.5. The third-order valence-corrected chi connectivity index (χ3v) is 6.76. The number of methoxy groups -OCH3 is 1. The molecule has 156 valence electrons. The third kappa shape index (κ3) is 3.96. The van der Waals surface area contributed by atoms with Gasteiger partial charge in [0.05, 0.1) is 31.2 Å². The highest BCUT2D eigenvalue weighted by molar-refractivity contribution is 7.89. The number of rotatable bonds is 6. The minimum atomic E-state index is -4.01. The molecule has 0 radical (unpaired) electrons. The molecule has 0 saturated carbocycles. The van der Waals surface area contributed by atoms with Crippen LogP contribution in [0.4, 0.5) is 16.0 Å². The van der Waals surface area contributed by atoms with E-state index in [2.05, 4.69) is 20.3 Å². The van der Waals surface area contributed by atoms with E-state index in [1.165, 1.54) is 17.5 Å². The number of pyridine rings is 1. The highest BCUT2D eigenvalue weighted by Gasteiger charge is 2.38. The maximum absolute atomic E-state index is 13.8. The standard InChI is InChI=1S/C20H20FN5O3S/c1-29-17-8-7-14(21)11-18(17)30(27,28)26-10-4-5-16(26)15-12-22-13-20(24-15)25-19-6-2-3-9-23-19/h2-3,6-9,11-13,16H,4-5,10H2,1H3,(H,23,24,25)/t16-/m0/s1. The van der Waals surface area contributed by atoms with Crippen LogP contribution in [0.15, 0.2) is 59.9 Å². The lowest BCUT2D eigenvalue weighted by atomic mass is 10.2. The topological polar surface area (TPSA) is 97.3 Å². The molecule has 3 heterocycles. The first-order valence-electron chi connectivity index (χ1n) is 9.34. The minimum absolute atomic E-state index is 0.0960. The summed E-state index contributed by atoms with van der Waals surface area (Å²) in [5, 5.41) is 3.06. The zero-order chi connectivity index (χ0) is 21.1. The normalized spacial score (nSPS) is 17.1. The molecular weight excluding hydrogens is 409 g/mol. The molecule has 3 aromatic rings. The fourth-order valence-electron chi connectivity index (χ4n) is 3.47. The molecule has 1 aliphatic heterocycles. The van der Waals surface area contributed by atoms with Crippen LogP contribution in [-0.4, -0.2) is 41.3 Å². The number of nitrogens with zero attached hydrogens (tertiary/aromatic N) is 4. The van der Waals surface area contributed by atoms with Crippen LogP contribution in [0, 0.1) is 5.82 Å². The smallest absolute Gasteiger partial charge is 0.247 e. The zero-order valence-corrected chi connectivity index (χ0v) is 17.0. The fourth-order valence-corrected chi connectivity index (χ4v) is 5.31. The van der Waals surface area contributed by atoms with Gasteiger partial charge in [-0.15, -0.1) is 0 Å². The lowest BCUT2D eigenvalue weighted by Gasteiger charge is -2.24. The van der Waals surface area contributed by atoms with E-state index in [9.17, 15) is 12.8 Å². The van der Waals surface area contributed by atoms with Gasteiger partial charge in [0.2, 0.25) is 10.0 Å². The van der Waals surface area contributed by atoms with Gasteiger partial charge in [-0.3, -0.25) is 4.98 Å². The van der Waals surface area contributed by atoms with E-state index in [0.717, 1.165) is 12.1 Å². The molecule has 0 amide bonds. The Morgan fingerprint density at radius 3 is 2.83 bits per heavy atom. The number of hydrogen-bond acceptors (Lipinski definition) is 7. The van der Waals surface area contributed by atoms with Gasteiger partial charge in [-0.05, 0) is 43.2 Å². The fraction of sp³-hybridized carbons (Fsp3) is 0.250. The SMILES string of the molecule is COc1ccc(F)cc1S(=O)(=O)N1CCC[C@H]1c1cncc(Nc2ccccn2)n1. The van der Waals surface area contributed by atoms with Gasteiger partial charge in [0.1, 0.15) is 28.1 Å². The van der Waals surface area contributed by atoms with E-state index < -0.39 is 21.9 Å². The Morgan fingerprint density at radius 1 is 1.20 bits per heavy atom. The summed E-state index contributed by atoms with van der Waals surface area (Å²) in [6.07, 6.45) is 5.98. The number of aromatic nitrogens is 3. The number of nitrogens with one attached hydrogen (secondary N) is 1. The molecule has 1 aliphatic rings. The Bertz CT molecular complexity index is 1140. The molecule has 0 spiro atoms. The molecule has 30 heavy (non-hydrogen) atoms. The first kappa shape index (κ1) is 20.2. The van der Waals surface area contributed by atoms with E-state index >= 15 is 0 Å². The van der Waals surface area contributed by atoms with Crippen molar-refractivity contribution in [3.05, 3.63) is 66.5 Å². The summed E-state index contributed by atoms with van der Waals surface area (Å²) in [6, 6.07) is 8.37. The predicted molar refractivity (Wildman–Crippen MR) is 108 cm³/mol. The van der Waals surface area contributed by atoms with Crippen LogP contribution >= 0.6 is 0 Å². The van der Waals surface area contributed by atoms with Crippen LogP contribution in [0.2, 0.25) is 0 Å². The van der Waals surface area contributed by atoms with Crippen molar-refractivity contribution >= 4 is 21.7 Å². The van der Waals surface area contributed by atoms with Gasteiger partial charge in [-0.2, -0.15) is 4.31 Å². The molecule has 10 heteroatoms. The Morgan fingerprint density at radius 2 is 2.07 bits per heavy atom. The maximum Gasteiger partial charge on any atom is 0.247 e. The van der Waals surface area contributed by atoms with E-state index in [1.807, 2.05) is 6.07 Å². The van der Waals surface area contributed by atoms with Crippen LogP contribution in [0.3, 0.4) is 0 Å². The van der Waals surface area contributed by atoms with Gasteiger partial charge >= 0.3 is 0 Å². The van der Waals surface area contributed by atoms with E-state index in [4.69, 9.17) is 4.74 Å². The second-order valence-corrected chi connectivity index (χ2v) is 8.60. The van der Waals surface area contributed by atoms with Crippen molar-refractivity contribution in [3.8, 4) is 5.75 Å². The first-order valence-corrected chi connectivity index (χ1v) is 10.8. The molecule has 0 aliphatic carbocycles. The minimum Gasteiger partial charge on any atom is -0.495 e. The lowest BCUT2D eigenvalue weighted by Crippen LogP contribution is -2.31. The second kappa shape index (κ2) is 8.33. The lowest BCUT2D eigenvalue weighted by molar-refractivity contribution is 0.376. The molecule has 1 fully saturated rings. The number of anilines is 2. The summed E-state index contributed by atoms with van der Waals surface area (Å²) in [5.74, 6) is 0.508. The molecule has 1 N–H and O–H groups in total. The summed E-state index contributed by atoms with van der Waals surface area (Å²) in [5.41, 5.74) is 0.507. The largest absolute Gasteiger partial charge is 0.495 e. The number of sulfonamides is 1. The highest BCUT2D eigenvalue weighted by Crippen LogP contribution is 2.38. The molecule has 0 unspecified atom stereocenters. The highest BCUT2D eigenvalue weighted by atomic mass is 32.2. The number of benzene rings is 1.